The molecule has 17 heavy (non-hydrogen) atoms. The number of hydrogen-bond donors (Lipinski definition) is 2. The molecule has 2 N–H and O–H groups in total. The number of carbonyl (C=O) groups is 1. The van der Waals surface area contributed by atoms with E-state index >= 15 is 0 Å². The van der Waals surface area contributed by atoms with E-state index in [1.165, 1.54) is 6.08 Å². The van der Waals surface area contributed by atoms with E-state index in [4.69, 9.17) is 0 Å². The Balaban J connectivity index is 1.82. The molecule has 4 nitrogen and oxygen atoms in total. The molecule has 86 valence electrons. The molecule has 2 rings (SSSR count). The number of aromatic nitrogens is 2. The molecule has 0 aliphatic carbocycles. The summed E-state index contributed by atoms with van der Waals surface area (Å²) >= 11 is 0. The van der Waals surface area contributed by atoms with Crippen LogP contribution in [0.1, 0.15) is 11.3 Å². The Labute approximate surface area is 99.4 Å². The van der Waals surface area contributed by atoms with Crippen molar-refractivity contribution in [2.75, 3.05) is 0 Å². The molecule has 0 radical (unpaired) electrons. The van der Waals surface area contributed by atoms with Crippen molar-refractivity contribution < 1.29 is 4.79 Å². The number of hydrogen-bond acceptors (Lipinski definition) is 2. The highest BCUT2D eigenvalue weighted by Gasteiger charge is 1.96. The van der Waals surface area contributed by atoms with Crippen LogP contribution in [0.5, 0.6) is 0 Å². The molecule has 0 saturated carbocycles. The van der Waals surface area contributed by atoms with Crippen LogP contribution in [-0.2, 0) is 11.3 Å². The van der Waals surface area contributed by atoms with Crippen molar-refractivity contribution >= 4 is 12.0 Å². The maximum absolute atomic E-state index is 11.5. The molecule has 0 bridgehead atoms. The normalized spacial score (nSPS) is 10.6. The Morgan fingerprint density at radius 2 is 2.18 bits per heavy atom. The monoisotopic (exact) mass is 227 g/mol. The number of nitrogens with zero attached hydrogens (tertiary/aromatic N) is 1. The van der Waals surface area contributed by atoms with Gasteiger partial charge in [-0.3, -0.25) is 4.79 Å². The lowest BCUT2D eigenvalue weighted by Crippen LogP contribution is -2.20. The highest BCUT2D eigenvalue weighted by molar-refractivity contribution is 5.91. The van der Waals surface area contributed by atoms with E-state index in [9.17, 15) is 4.79 Å². The van der Waals surface area contributed by atoms with E-state index in [0.717, 1.165) is 11.3 Å². The average Bonchev–Trinajstić information content (AvgIpc) is 2.88. The molecule has 1 aromatic heterocycles. The van der Waals surface area contributed by atoms with Gasteiger partial charge in [0, 0.05) is 12.6 Å². The van der Waals surface area contributed by atoms with Gasteiger partial charge in [0.25, 0.3) is 0 Å². The minimum absolute atomic E-state index is 0.122. The second kappa shape index (κ2) is 5.65. The summed E-state index contributed by atoms with van der Waals surface area (Å²) < 4.78 is 0. The molecule has 0 atom stereocenters. The number of aromatic amines is 1. The first kappa shape index (κ1) is 11.1. The quantitative estimate of drug-likeness (QED) is 0.782. The molecule has 4 heteroatoms. The number of imidazole rings is 1. The Morgan fingerprint density at radius 1 is 1.35 bits per heavy atom. The molecule has 2 aromatic rings. The Hall–Kier alpha value is -2.36. The van der Waals surface area contributed by atoms with Crippen molar-refractivity contribution in [2.45, 2.75) is 6.54 Å². The third-order valence-corrected chi connectivity index (χ3v) is 2.24. The Kier molecular flexibility index (Phi) is 3.70. The van der Waals surface area contributed by atoms with Crippen LogP contribution in [0.4, 0.5) is 0 Å². The van der Waals surface area contributed by atoms with Crippen molar-refractivity contribution in [2.24, 2.45) is 0 Å². The van der Waals surface area contributed by atoms with Crippen LogP contribution in [0, 0.1) is 0 Å². The van der Waals surface area contributed by atoms with Gasteiger partial charge < -0.3 is 10.3 Å². The second-order valence-corrected chi connectivity index (χ2v) is 3.54. The van der Waals surface area contributed by atoms with Gasteiger partial charge in [0.05, 0.1) is 18.2 Å². The summed E-state index contributed by atoms with van der Waals surface area (Å²) in [5.74, 6) is -0.122. The first-order valence-electron chi connectivity index (χ1n) is 5.33. The lowest BCUT2D eigenvalue weighted by molar-refractivity contribution is -0.116. The maximum Gasteiger partial charge on any atom is 0.244 e. The van der Waals surface area contributed by atoms with Gasteiger partial charge in [-0.05, 0) is 11.6 Å². The maximum atomic E-state index is 11.5. The van der Waals surface area contributed by atoms with Crippen molar-refractivity contribution in [1.29, 1.82) is 0 Å². The van der Waals surface area contributed by atoms with E-state index in [2.05, 4.69) is 15.3 Å². The Bertz CT molecular complexity index is 489. The first-order chi connectivity index (χ1) is 8.34. The third kappa shape index (κ3) is 3.61. The van der Waals surface area contributed by atoms with E-state index in [-0.39, 0.29) is 5.91 Å². The Morgan fingerprint density at radius 3 is 2.88 bits per heavy atom. The highest BCUT2D eigenvalue weighted by Crippen LogP contribution is 1.98. The van der Waals surface area contributed by atoms with E-state index in [0.29, 0.717) is 6.54 Å². The topological polar surface area (TPSA) is 57.8 Å². The molecule has 0 unspecified atom stereocenters. The number of nitrogens with one attached hydrogen (secondary N) is 2. The van der Waals surface area contributed by atoms with Crippen LogP contribution in [0.25, 0.3) is 6.08 Å². The molecule has 0 fully saturated rings. The van der Waals surface area contributed by atoms with Gasteiger partial charge in [0.2, 0.25) is 5.91 Å². The molecular weight excluding hydrogens is 214 g/mol. The molecule has 0 aliphatic rings. The largest absolute Gasteiger partial charge is 0.348 e. The van der Waals surface area contributed by atoms with Crippen molar-refractivity contribution in [3.8, 4) is 0 Å². The molecule has 1 aromatic carbocycles. The van der Waals surface area contributed by atoms with Gasteiger partial charge in [-0.25, -0.2) is 4.98 Å². The summed E-state index contributed by atoms with van der Waals surface area (Å²) in [4.78, 5) is 18.2. The van der Waals surface area contributed by atoms with Crippen LogP contribution < -0.4 is 5.32 Å². The van der Waals surface area contributed by atoms with E-state index in [1.807, 2.05) is 30.3 Å². The number of benzene rings is 1. The zero-order chi connectivity index (χ0) is 11.9. The van der Waals surface area contributed by atoms with Gasteiger partial charge in [0.1, 0.15) is 0 Å². The minimum atomic E-state index is -0.122. The van der Waals surface area contributed by atoms with Crippen LogP contribution in [0.2, 0.25) is 0 Å². The fourth-order valence-corrected chi connectivity index (χ4v) is 1.37. The van der Waals surface area contributed by atoms with Gasteiger partial charge in [-0.1, -0.05) is 30.3 Å². The van der Waals surface area contributed by atoms with Crippen molar-refractivity contribution in [1.82, 2.24) is 15.3 Å². The second-order valence-electron chi connectivity index (χ2n) is 3.54. The third-order valence-electron chi connectivity index (χ3n) is 2.24. The standard InChI is InChI=1S/C13H13N3O/c17-13(7-6-12-9-14-10-16-12)15-8-11-4-2-1-3-5-11/h1-7,9-10H,8H2,(H,14,16)(H,15,17). The molecular formula is C13H13N3O. The number of carbonyl (C=O) groups excluding carboxylic acids is 1. The summed E-state index contributed by atoms with van der Waals surface area (Å²) in [6, 6.07) is 9.78. The van der Waals surface area contributed by atoms with Gasteiger partial charge in [-0.2, -0.15) is 0 Å². The number of H-pyrrole nitrogens is 1. The SMILES string of the molecule is O=C(C=Cc1cnc[nH]1)NCc1ccccc1. The lowest BCUT2D eigenvalue weighted by Gasteiger charge is -2.01. The van der Waals surface area contributed by atoms with Crippen LogP contribution in [-0.4, -0.2) is 15.9 Å². The summed E-state index contributed by atoms with van der Waals surface area (Å²) in [5.41, 5.74) is 1.88. The minimum Gasteiger partial charge on any atom is -0.348 e. The molecule has 0 spiro atoms. The molecule has 0 saturated heterocycles. The summed E-state index contributed by atoms with van der Waals surface area (Å²) in [6.07, 6.45) is 6.40. The van der Waals surface area contributed by atoms with Crippen molar-refractivity contribution in [3.05, 3.63) is 60.2 Å². The predicted octanol–water partition coefficient (Wildman–Crippen LogP) is 1.74. The average molecular weight is 227 g/mol. The molecule has 1 amide bonds. The molecule has 0 aliphatic heterocycles. The van der Waals surface area contributed by atoms with Gasteiger partial charge in [-0.15, -0.1) is 0 Å². The van der Waals surface area contributed by atoms with Crippen LogP contribution >= 0.6 is 0 Å². The van der Waals surface area contributed by atoms with Crippen LogP contribution in [0.3, 0.4) is 0 Å². The first-order valence-corrected chi connectivity index (χ1v) is 5.33. The predicted molar refractivity (Wildman–Crippen MR) is 65.9 cm³/mol. The zero-order valence-corrected chi connectivity index (χ0v) is 9.26. The summed E-state index contributed by atoms with van der Waals surface area (Å²) in [7, 11) is 0. The highest BCUT2D eigenvalue weighted by atomic mass is 16.1. The lowest BCUT2D eigenvalue weighted by atomic mass is 10.2. The van der Waals surface area contributed by atoms with E-state index in [1.54, 1.807) is 18.6 Å². The smallest absolute Gasteiger partial charge is 0.244 e. The number of rotatable bonds is 4. The number of amides is 1. The van der Waals surface area contributed by atoms with Crippen molar-refractivity contribution in [3.63, 3.8) is 0 Å². The molecule has 1 heterocycles. The van der Waals surface area contributed by atoms with Crippen LogP contribution in [0.15, 0.2) is 48.9 Å². The van der Waals surface area contributed by atoms with Gasteiger partial charge >= 0.3 is 0 Å². The van der Waals surface area contributed by atoms with Gasteiger partial charge in [0.15, 0.2) is 0 Å². The zero-order valence-electron chi connectivity index (χ0n) is 9.26. The summed E-state index contributed by atoms with van der Waals surface area (Å²) in [5, 5.41) is 2.80. The van der Waals surface area contributed by atoms with E-state index < -0.39 is 0 Å². The fourth-order valence-electron chi connectivity index (χ4n) is 1.37. The fraction of sp³-hybridized carbons (Fsp3) is 0.0769. The summed E-state index contributed by atoms with van der Waals surface area (Å²) in [6.45, 7) is 0.535.